The van der Waals surface area contributed by atoms with Gasteiger partial charge in [0.1, 0.15) is 17.8 Å². The summed E-state index contributed by atoms with van der Waals surface area (Å²) in [5, 5.41) is 0.939. The molecule has 0 saturated carbocycles. The van der Waals surface area contributed by atoms with Gasteiger partial charge < -0.3 is 14.8 Å². The Bertz CT molecular complexity index is 1050. The van der Waals surface area contributed by atoms with E-state index in [2.05, 4.69) is 19.9 Å². The Kier molecular flexibility index (Phi) is 4.01. The molecular formula is C20H18F3N5O. The quantitative estimate of drug-likeness (QED) is 0.714. The molecule has 1 amide bonds. The zero-order chi connectivity index (χ0) is 20.2. The van der Waals surface area contributed by atoms with Gasteiger partial charge in [-0.3, -0.25) is 4.79 Å². The van der Waals surface area contributed by atoms with Crippen LogP contribution in [0.15, 0.2) is 42.9 Å². The fraction of sp³-hybridized carbons (Fsp3) is 0.350. The highest BCUT2D eigenvalue weighted by atomic mass is 19.4. The summed E-state index contributed by atoms with van der Waals surface area (Å²) in [6.07, 6.45) is 0.675. The third-order valence-corrected chi connectivity index (χ3v) is 5.81. The second-order valence-electron chi connectivity index (χ2n) is 7.51. The van der Waals surface area contributed by atoms with Crippen LogP contribution in [0.2, 0.25) is 0 Å². The van der Waals surface area contributed by atoms with Crippen LogP contribution in [0.5, 0.6) is 0 Å². The van der Waals surface area contributed by atoms with Crippen molar-refractivity contribution in [2.24, 2.45) is 0 Å². The van der Waals surface area contributed by atoms with Crippen molar-refractivity contribution in [1.82, 2.24) is 19.9 Å². The number of hydrogen-bond donors (Lipinski definition) is 1. The number of halogens is 3. The molecule has 9 heteroatoms. The van der Waals surface area contributed by atoms with Gasteiger partial charge in [-0.1, -0.05) is 0 Å². The molecule has 0 aliphatic carbocycles. The van der Waals surface area contributed by atoms with E-state index in [4.69, 9.17) is 0 Å². The molecule has 1 aromatic carbocycles. The lowest BCUT2D eigenvalue weighted by atomic mass is 10.1. The summed E-state index contributed by atoms with van der Waals surface area (Å²) in [5.74, 6) is 0.634. The van der Waals surface area contributed by atoms with E-state index in [9.17, 15) is 18.0 Å². The highest BCUT2D eigenvalue weighted by Crippen LogP contribution is 2.35. The number of nitrogens with zero attached hydrogens (tertiary/aromatic N) is 4. The summed E-state index contributed by atoms with van der Waals surface area (Å²) in [7, 11) is 0. The van der Waals surface area contributed by atoms with Crippen LogP contribution in [0.1, 0.15) is 28.8 Å². The molecule has 0 spiro atoms. The Morgan fingerprint density at radius 2 is 1.72 bits per heavy atom. The third kappa shape index (κ3) is 3.01. The molecule has 6 nitrogen and oxygen atoms in total. The zero-order valence-electron chi connectivity index (χ0n) is 15.4. The Balaban J connectivity index is 1.38. The fourth-order valence-electron chi connectivity index (χ4n) is 4.47. The molecule has 1 N–H and O–H groups in total. The second-order valence-corrected chi connectivity index (χ2v) is 7.51. The number of amides is 1. The van der Waals surface area contributed by atoms with E-state index >= 15 is 0 Å². The number of fused-ring (bicyclic) bond motifs is 3. The standard InChI is InChI=1S/C20H18F3N5O/c21-20(22,23)13-3-1-12(2-4-13)19(29)28-14-5-6-15(28)10-27(9-14)18-16-7-8-24-17(16)25-11-26-18/h1-4,7-8,11,14-15H,5-6,9-10H2,(H,24,25,26). The average Bonchev–Trinajstić information content (AvgIpc) is 3.28. The number of alkyl halides is 3. The number of hydrogen-bond acceptors (Lipinski definition) is 4. The van der Waals surface area contributed by atoms with Crippen molar-refractivity contribution in [3.63, 3.8) is 0 Å². The van der Waals surface area contributed by atoms with Gasteiger partial charge in [-0.25, -0.2) is 9.97 Å². The first-order valence-electron chi connectivity index (χ1n) is 9.45. The predicted octanol–water partition coefficient (Wildman–Crippen LogP) is 3.47. The number of nitrogens with one attached hydrogen (secondary N) is 1. The number of piperazine rings is 1. The van der Waals surface area contributed by atoms with Crippen LogP contribution in [0.3, 0.4) is 0 Å². The van der Waals surface area contributed by atoms with Crippen LogP contribution >= 0.6 is 0 Å². The Labute approximate surface area is 164 Å². The first kappa shape index (κ1) is 18.0. The van der Waals surface area contributed by atoms with E-state index in [1.165, 1.54) is 18.5 Å². The molecule has 2 aliphatic rings. The minimum absolute atomic E-state index is 0.00694. The van der Waals surface area contributed by atoms with Crippen molar-refractivity contribution in [2.75, 3.05) is 18.0 Å². The van der Waals surface area contributed by atoms with Gasteiger partial charge in [0.2, 0.25) is 0 Å². The molecule has 2 atom stereocenters. The lowest BCUT2D eigenvalue weighted by Crippen LogP contribution is -2.56. The number of carbonyl (C=O) groups is 1. The number of H-pyrrole nitrogens is 1. The summed E-state index contributed by atoms with van der Waals surface area (Å²) in [4.78, 5) is 28.8. The molecule has 2 aliphatic heterocycles. The lowest BCUT2D eigenvalue weighted by molar-refractivity contribution is -0.137. The van der Waals surface area contributed by atoms with Gasteiger partial charge in [-0.2, -0.15) is 13.2 Å². The summed E-state index contributed by atoms with van der Waals surface area (Å²) >= 11 is 0. The van der Waals surface area contributed by atoms with Crippen molar-refractivity contribution >= 4 is 22.8 Å². The van der Waals surface area contributed by atoms with E-state index in [0.717, 1.165) is 41.8 Å². The average molecular weight is 401 g/mol. The number of aromatic amines is 1. The van der Waals surface area contributed by atoms with E-state index in [0.29, 0.717) is 18.7 Å². The predicted molar refractivity (Wildman–Crippen MR) is 101 cm³/mol. The van der Waals surface area contributed by atoms with Crippen molar-refractivity contribution in [1.29, 1.82) is 0 Å². The maximum Gasteiger partial charge on any atom is 0.416 e. The highest BCUT2D eigenvalue weighted by molar-refractivity contribution is 5.95. The van der Waals surface area contributed by atoms with Crippen molar-refractivity contribution in [3.8, 4) is 0 Å². The lowest BCUT2D eigenvalue weighted by Gasteiger charge is -2.41. The van der Waals surface area contributed by atoms with Gasteiger partial charge in [-0.15, -0.1) is 0 Å². The number of carbonyl (C=O) groups excluding carboxylic acids is 1. The van der Waals surface area contributed by atoms with Gasteiger partial charge in [0, 0.05) is 24.8 Å². The van der Waals surface area contributed by atoms with E-state index < -0.39 is 11.7 Å². The molecule has 5 rings (SSSR count). The Morgan fingerprint density at radius 3 is 2.38 bits per heavy atom. The maximum absolute atomic E-state index is 13.0. The smallest absolute Gasteiger partial charge is 0.352 e. The van der Waals surface area contributed by atoms with Crippen LogP contribution in [0.25, 0.3) is 11.0 Å². The van der Waals surface area contributed by atoms with Gasteiger partial charge in [-0.05, 0) is 43.2 Å². The molecule has 2 unspecified atom stereocenters. The van der Waals surface area contributed by atoms with Gasteiger partial charge in [0.15, 0.2) is 0 Å². The van der Waals surface area contributed by atoms with E-state index in [1.807, 2.05) is 17.2 Å². The number of anilines is 1. The van der Waals surface area contributed by atoms with Crippen molar-refractivity contribution in [3.05, 3.63) is 54.0 Å². The monoisotopic (exact) mass is 401 g/mol. The minimum atomic E-state index is -4.41. The second kappa shape index (κ2) is 6.47. The molecule has 3 aromatic rings. The topological polar surface area (TPSA) is 65.1 Å². The number of benzene rings is 1. The van der Waals surface area contributed by atoms with Crippen LogP contribution < -0.4 is 4.90 Å². The molecular weight excluding hydrogens is 383 g/mol. The summed E-state index contributed by atoms with van der Waals surface area (Å²) < 4.78 is 38.4. The van der Waals surface area contributed by atoms with Gasteiger partial charge in [0.25, 0.3) is 5.91 Å². The van der Waals surface area contributed by atoms with Crippen LogP contribution in [-0.2, 0) is 6.18 Å². The molecule has 2 bridgehead atoms. The Morgan fingerprint density at radius 1 is 1.03 bits per heavy atom. The molecule has 150 valence electrons. The van der Waals surface area contributed by atoms with Crippen molar-refractivity contribution in [2.45, 2.75) is 31.1 Å². The summed E-state index contributed by atoms with van der Waals surface area (Å²) in [6.45, 7) is 1.28. The number of aromatic nitrogens is 3. The molecule has 4 heterocycles. The SMILES string of the molecule is O=C(c1ccc(C(F)(F)F)cc1)N1C2CCC1CN(c1ncnc3[nH]ccc13)C2. The first-order chi connectivity index (χ1) is 13.9. The Hall–Kier alpha value is -3.10. The van der Waals surface area contributed by atoms with Crippen LogP contribution in [0.4, 0.5) is 19.0 Å². The maximum atomic E-state index is 13.0. The highest BCUT2D eigenvalue weighted by Gasteiger charge is 2.43. The normalized spacial score (nSPS) is 21.8. The van der Waals surface area contributed by atoms with Crippen LogP contribution in [-0.4, -0.2) is 50.9 Å². The minimum Gasteiger partial charge on any atom is -0.352 e. The number of rotatable bonds is 2. The third-order valence-electron chi connectivity index (χ3n) is 5.81. The van der Waals surface area contributed by atoms with Crippen molar-refractivity contribution < 1.29 is 18.0 Å². The van der Waals surface area contributed by atoms with Gasteiger partial charge in [0.05, 0.1) is 23.0 Å². The molecule has 2 fully saturated rings. The fourth-order valence-corrected chi connectivity index (χ4v) is 4.47. The first-order valence-corrected chi connectivity index (χ1v) is 9.45. The van der Waals surface area contributed by atoms with Gasteiger partial charge >= 0.3 is 6.18 Å². The largest absolute Gasteiger partial charge is 0.416 e. The molecule has 2 aromatic heterocycles. The summed E-state index contributed by atoms with van der Waals surface area (Å²) in [6, 6.07) is 6.42. The van der Waals surface area contributed by atoms with E-state index in [-0.39, 0.29) is 18.0 Å². The van der Waals surface area contributed by atoms with E-state index in [1.54, 1.807) is 0 Å². The zero-order valence-corrected chi connectivity index (χ0v) is 15.4. The molecule has 29 heavy (non-hydrogen) atoms. The molecule has 0 radical (unpaired) electrons. The summed E-state index contributed by atoms with van der Waals surface area (Å²) in [5.41, 5.74) is 0.310. The molecule has 2 saturated heterocycles. The van der Waals surface area contributed by atoms with Crippen LogP contribution in [0, 0.1) is 0 Å².